The third kappa shape index (κ3) is 2.75. The Morgan fingerprint density at radius 1 is 1.19 bits per heavy atom. The van der Waals surface area contributed by atoms with E-state index in [0.717, 1.165) is 32.5 Å². The van der Waals surface area contributed by atoms with Crippen LogP contribution in [0.3, 0.4) is 0 Å². The van der Waals surface area contributed by atoms with Crippen LogP contribution in [0.25, 0.3) is 10.4 Å². The number of hydrogen-bond acceptors (Lipinski definition) is 2. The van der Waals surface area contributed by atoms with Gasteiger partial charge in [0.25, 0.3) is 0 Å². The SMILES string of the molecule is [N-]=[N+]=NCCN1CCc2ccccc2CC1. The maximum absolute atomic E-state index is 8.23. The molecule has 1 heterocycles. The van der Waals surface area contributed by atoms with Crippen molar-refractivity contribution in [2.24, 2.45) is 5.11 Å². The predicted octanol–water partition coefficient (Wildman–Crippen LogP) is 2.40. The highest BCUT2D eigenvalue weighted by molar-refractivity contribution is 5.28. The van der Waals surface area contributed by atoms with Crippen molar-refractivity contribution in [3.05, 3.63) is 45.8 Å². The first-order valence-electron chi connectivity index (χ1n) is 5.70. The summed E-state index contributed by atoms with van der Waals surface area (Å²) in [6, 6.07) is 8.64. The summed E-state index contributed by atoms with van der Waals surface area (Å²) in [7, 11) is 0. The zero-order chi connectivity index (χ0) is 11.2. The highest BCUT2D eigenvalue weighted by Gasteiger charge is 2.12. The lowest BCUT2D eigenvalue weighted by Crippen LogP contribution is -2.28. The molecule has 1 aliphatic heterocycles. The van der Waals surface area contributed by atoms with Crippen molar-refractivity contribution in [1.29, 1.82) is 0 Å². The minimum absolute atomic E-state index is 0.576. The molecule has 0 radical (unpaired) electrons. The number of azide groups is 1. The Morgan fingerprint density at radius 3 is 2.38 bits per heavy atom. The molecule has 0 N–H and O–H groups in total. The van der Waals surface area contributed by atoms with Crippen LogP contribution >= 0.6 is 0 Å². The van der Waals surface area contributed by atoms with Gasteiger partial charge < -0.3 is 4.90 Å². The van der Waals surface area contributed by atoms with Crippen LogP contribution in [0.1, 0.15) is 11.1 Å². The third-order valence-corrected chi connectivity index (χ3v) is 3.09. The number of benzene rings is 1. The van der Waals surface area contributed by atoms with Crippen LogP contribution in [0.15, 0.2) is 29.4 Å². The van der Waals surface area contributed by atoms with Gasteiger partial charge in [0.15, 0.2) is 0 Å². The van der Waals surface area contributed by atoms with Crippen LogP contribution < -0.4 is 0 Å². The number of rotatable bonds is 3. The Bertz CT molecular complexity index is 369. The molecule has 0 atom stereocenters. The number of fused-ring (bicyclic) bond motifs is 1. The Hall–Kier alpha value is -1.51. The fraction of sp³-hybridized carbons (Fsp3) is 0.500. The Kier molecular flexibility index (Phi) is 3.81. The Morgan fingerprint density at radius 2 is 1.81 bits per heavy atom. The highest BCUT2D eigenvalue weighted by Crippen LogP contribution is 2.15. The molecule has 0 bridgehead atoms. The average molecular weight is 216 g/mol. The van der Waals surface area contributed by atoms with E-state index in [4.69, 9.17) is 5.53 Å². The first-order valence-corrected chi connectivity index (χ1v) is 5.70. The highest BCUT2D eigenvalue weighted by atomic mass is 15.2. The summed E-state index contributed by atoms with van der Waals surface area (Å²) in [5.41, 5.74) is 11.2. The van der Waals surface area contributed by atoms with Crippen molar-refractivity contribution in [1.82, 2.24) is 4.90 Å². The first-order chi connectivity index (χ1) is 7.90. The van der Waals surface area contributed by atoms with Crippen LogP contribution in [0.4, 0.5) is 0 Å². The Balaban J connectivity index is 1.94. The van der Waals surface area contributed by atoms with Gasteiger partial charge in [-0.25, -0.2) is 0 Å². The molecule has 0 saturated carbocycles. The van der Waals surface area contributed by atoms with Crippen molar-refractivity contribution >= 4 is 0 Å². The normalized spacial score (nSPS) is 16.0. The zero-order valence-electron chi connectivity index (χ0n) is 9.34. The molecule has 0 fully saturated rings. The van der Waals surface area contributed by atoms with E-state index in [-0.39, 0.29) is 0 Å². The van der Waals surface area contributed by atoms with Crippen LogP contribution in [0, 0.1) is 0 Å². The molecule has 1 aliphatic rings. The van der Waals surface area contributed by atoms with E-state index >= 15 is 0 Å². The van der Waals surface area contributed by atoms with Gasteiger partial charge in [0.2, 0.25) is 0 Å². The van der Waals surface area contributed by atoms with Crippen molar-refractivity contribution in [2.75, 3.05) is 26.2 Å². The standard InChI is InChI=1S/C12H16N4/c13-15-14-7-10-16-8-5-11-3-1-2-4-12(11)6-9-16/h1-4H,5-10H2. The summed E-state index contributed by atoms with van der Waals surface area (Å²) in [5.74, 6) is 0. The molecule has 0 aliphatic carbocycles. The van der Waals surface area contributed by atoms with Gasteiger partial charge in [0.1, 0.15) is 0 Å². The lowest BCUT2D eigenvalue weighted by molar-refractivity contribution is 0.295. The van der Waals surface area contributed by atoms with Crippen molar-refractivity contribution in [3.63, 3.8) is 0 Å². The van der Waals surface area contributed by atoms with Crippen LogP contribution in [0.2, 0.25) is 0 Å². The lowest BCUT2D eigenvalue weighted by Gasteiger charge is -2.17. The average Bonchev–Trinajstić information content (AvgIpc) is 2.53. The number of nitrogens with zero attached hydrogens (tertiary/aromatic N) is 4. The van der Waals surface area contributed by atoms with Crippen LogP contribution in [-0.2, 0) is 12.8 Å². The zero-order valence-corrected chi connectivity index (χ0v) is 9.34. The van der Waals surface area contributed by atoms with Crippen molar-refractivity contribution in [2.45, 2.75) is 12.8 Å². The van der Waals surface area contributed by atoms with E-state index in [0.29, 0.717) is 6.54 Å². The van der Waals surface area contributed by atoms with E-state index < -0.39 is 0 Å². The minimum Gasteiger partial charge on any atom is -0.303 e. The summed E-state index contributed by atoms with van der Waals surface area (Å²) in [6.45, 7) is 3.58. The topological polar surface area (TPSA) is 52.0 Å². The molecular formula is C12H16N4. The molecule has 0 saturated heterocycles. The summed E-state index contributed by atoms with van der Waals surface area (Å²) >= 11 is 0. The molecule has 2 rings (SSSR count). The predicted molar refractivity (Wildman–Crippen MR) is 64.3 cm³/mol. The monoisotopic (exact) mass is 216 g/mol. The van der Waals surface area contributed by atoms with Gasteiger partial charge in [-0.05, 0) is 29.5 Å². The molecule has 0 amide bonds. The largest absolute Gasteiger partial charge is 0.303 e. The third-order valence-electron chi connectivity index (χ3n) is 3.09. The molecule has 1 aromatic carbocycles. The van der Waals surface area contributed by atoms with Gasteiger partial charge in [0.05, 0.1) is 0 Å². The van der Waals surface area contributed by atoms with Gasteiger partial charge in [-0.2, -0.15) is 0 Å². The minimum atomic E-state index is 0.576. The quantitative estimate of drug-likeness (QED) is 0.435. The maximum atomic E-state index is 8.23. The fourth-order valence-electron chi connectivity index (χ4n) is 2.17. The van der Waals surface area contributed by atoms with Crippen molar-refractivity contribution < 1.29 is 0 Å². The molecule has 0 unspecified atom stereocenters. The van der Waals surface area contributed by atoms with E-state index in [1.54, 1.807) is 0 Å². The van der Waals surface area contributed by atoms with E-state index in [1.165, 1.54) is 11.1 Å². The second kappa shape index (κ2) is 5.54. The summed E-state index contributed by atoms with van der Waals surface area (Å²) in [5, 5.41) is 3.58. The molecular weight excluding hydrogens is 200 g/mol. The molecule has 1 aromatic rings. The van der Waals surface area contributed by atoms with Gasteiger partial charge >= 0.3 is 0 Å². The van der Waals surface area contributed by atoms with Gasteiger partial charge in [-0.3, -0.25) is 0 Å². The molecule has 4 heteroatoms. The molecule has 0 spiro atoms. The molecule has 16 heavy (non-hydrogen) atoms. The number of hydrogen-bond donors (Lipinski definition) is 0. The second-order valence-corrected chi connectivity index (χ2v) is 4.06. The lowest BCUT2D eigenvalue weighted by atomic mass is 10.0. The first kappa shape index (κ1) is 11.0. The molecule has 4 nitrogen and oxygen atoms in total. The van der Waals surface area contributed by atoms with Crippen molar-refractivity contribution in [3.8, 4) is 0 Å². The van der Waals surface area contributed by atoms with Gasteiger partial charge in [0, 0.05) is 31.1 Å². The van der Waals surface area contributed by atoms with E-state index in [9.17, 15) is 0 Å². The van der Waals surface area contributed by atoms with E-state index in [2.05, 4.69) is 39.2 Å². The van der Waals surface area contributed by atoms with Gasteiger partial charge in [-0.15, -0.1) is 0 Å². The second-order valence-electron chi connectivity index (χ2n) is 4.06. The van der Waals surface area contributed by atoms with Crippen LogP contribution in [0.5, 0.6) is 0 Å². The summed E-state index contributed by atoms with van der Waals surface area (Å²) in [6.07, 6.45) is 2.21. The Labute approximate surface area is 95.5 Å². The van der Waals surface area contributed by atoms with Gasteiger partial charge in [-0.1, -0.05) is 29.4 Å². The maximum Gasteiger partial charge on any atom is 0.0385 e. The molecule has 84 valence electrons. The summed E-state index contributed by atoms with van der Waals surface area (Å²) in [4.78, 5) is 5.15. The van der Waals surface area contributed by atoms with Crippen LogP contribution in [-0.4, -0.2) is 31.1 Å². The molecule has 0 aromatic heterocycles. The van der Waals surface area contributed by atoms with E-state index in [1.807, 2.05) is 0 Å². The smallest absolute Gasteiger partial charge is 0.0385 e. The fourth-order valence-corrected chi connectivity index (χ4v) is 2.17. The summed E-state index contributed by atoms with van der Waals surface area (Å²) < 4.78 is 0.